The Kier molecular flexibility index (Phi) is 3.93. The summed E-state index contributed by atoms with van der Waals surface area (Å²) in [6.45, 7) is 0. The topological polar surface area (TPSA) is 58.6 Å². The second-order valence-corrected chi connectivity index (χ2v) is 6.03. The predicted molar refractivity (Wildman–Crippen MR) is 104 cm³/mol. The Hall–Kier alpha value is -3.53. The number of hydrogen-bond acceptors (Lipinski definition) is 3. The third-order valence-corrected chi connectivity index (χ3v) is 4.46. The van der Waals surface area contributed by atoms with Crippen LogP contribution in [0, 0.1) is 0 Å². The van der Waals surface area contributed by atoms with Crippen LogP contribution in [0.3, 0.4) is 0 Å². The number of phenols is 1. The minimum atomic E-state index is -0.358. The summed E-state index contributed by atoms with van der Waals surface area (Å²) in [5.41, 5.74) is 0.905. The van der Waals surface area contributed by atoms with E-state index in [9.17, 15) is 9.90 Å². The van der Waals surface area contributed by atoms with Crippen LogP contribution < -0.4 is 10.1 Å². The summed E-state index contributed by atoms with van der Waals surface area (Å²) in [6.07, 6.45) is 0. The molecule has 0 saturated carbocycles. The van der Waals surface area contributed by atoms with Gasteiger partial charge >= 0.3 is 0 Å². The molecule has 0 fully saturated rings. The van der Waals surface area contributed by atoms with Crippen molar-refractivity contribution in [2.75, 3.05) is 12.4 Å². The predicted octanol–water partition coefficient (Wildman–Crippen LogP) is 4.96. The third kappa shape index (κ3) is 2.71. The molecule has 0 unspecified atom stereocenters. The number of aromatic hydroxyl groups is 1. The first-order chi connectivity index (χ1) is 12.7. The Bertz CT molecular complexity index is 1130. The van der Waals surface area contributed by atoms with E-state index in [2.05, 4.69) is 5.32 Å². The molecule has 0 aromatic heterocycles. The van der Waals surface area contributed by atoms with E-state index in [0.29, 0.717) is 5.69 Å². The van der Waals surface area contributed by atoms with Crippen LogP contribution in [0.15, 0.2) is 72.8 Å². The highest BCUT2D eigenvalue weighted by Crippen LogP contribution is 2.32. The number of carbonyl (C=O) groups is 1. The second-order valence-electron chi connectivity index (χ2n) is 6.03. The van der Waals surface area contributed by atoms with Crippen molar-refractivity contribution in [3.8, 4) is 11.5 Å². The lowest BCUT2D eigenvalue weighted by Gasteiger charge is -2.12. The highest BCUT2D eigenvalue weighted by Gasteiger charge is 2.15. The van der Waals surface area contributed by atoms with E-state index in [4.69, 9.17) is 4.74 Å². The molecule has 4 aromatic carbocycles. The maximum Gasteiger partial charge on any atom is 0.259 e. The van der Waals surface area contributed by atoms with Crippen LogP contribution in [0.25, 0.3) is 21.5 Å². The average Bonchev–Trinajstić information content (AvgIpc) is 2.67. The summed E-state index contributed by atoms with van der Waals surface area (Å²) < 4.78 is 5.39. The van der Waals surface area contributed by atoms with E-state index < -0.39 is 0 Å². The molecule has 0 aliphatic rings. The number of nitrogens with one attached hydrogen (secondary N) is 1. The van der Waals surface area contributed by atoms with Crippen molar-refractivity contribution >= 4 is 33.1 Å². The van der Waals surface area contributed by atoms with Crippen LogP contribution in [0.5, 0.6) is 11.5 Å². The van der Waals surface area contributed by atoms with Crippen LogP contribution in [0.1, 0.15) is 10.4 Å². The number of methoxy groups -OCH3 is 1. The van der Waals surface area contributed by atoms with Gasteiger partial charge in [-0.15, -0.1) is 0 Å². The van der Waals surface area contributed by atoms with Gasteiger partial charge in [0.25, 0.3) is 5.91 Å². The number of anilines is 1. The summed E-state index contributed by atoms with van der Waals surface area (Å²) in [5, 5.41) is 16.7. The van der Waals surface area contributed by atoms with Gasteiger partial charge in [0.1, 0.15) is 11.5 Å². The first kappa shape index (κ1) is 16.0. The zero-order valence-electron chi connectivity index (χ0n) is 14.2. The lowest BCUT2D eigenvalue weighted by molar-refractivity contribution is 0.102. The molecule has 4 rings (SSSR count). The van der Waals surface area contributed by atoms with Crippen molar-refractivity contribution in [1.82, 2.24) is 0 Å². The quantitative estimate of drug-likeness (QED) is 0.553. The minimum absolute atomic E-state index is 0.0426. The van der Waals surface area contributed by atoms with Gasteiger partial charge in [-0.2, -0.15) is 0 Å². The number of carbonyl (C=O) groups excluding carboxylic acids is 1. The molecule has 0 aliphatic heterocycles. The number of amides is 1. The molecule has 4 heteroatoms. The van der Waals surface area contributed by atoms with Crippen LogP contribution in [-0.2, 0) is 0 Å². The zero-order valence-corrected chi connectivity index (χ0v) is 14.2. The molecule has 0 bridgehead atoms. The fraction of sp³-hybridized carbons (Fsp3) is 0.0455. The van der Waals surface area contributed by atoms with Crippen LogP contribution >= 0.6 is 0 Å². The lowest BCUT2D eigenvalue weighted by Crippen LogP contribution is -2.12. The van der Waals surface area contributed by atoms with Gasteiger partial charge < -0.3 is 15.2 Å². The minimum Gasteiger partial charge on any atom is -0.507 e. The summed E-state index contributed by atoms with van der Waals surface area (Å²) in [7, 11) is 1.62. The highest BCUT2D eigenvalue weighted by atomic mass is 16.5. The first-order valence-electron chi connectivity index (χ1n) is 8.26. The van der Waals surface area contributed by atoms with E-state index >= 15 is 0 Å². The molecule has 0 saturated heterocycles. The molecule has 128 valence electrons. The molecule has 0 atom stereocenters. The number of benzene rings is 4. The van der Waals surface area contributed by atoms with Gasteiger partial charge in [0.2, 0.25) is 0 Å². The largest absolute Gasteiger partial charge is 0.507 e. The molecule has 1 amide bonds. The van der Waals surface area contributed by atoms with Gasteiger partial charge in [-0.1, -0.05) is 48.5 Å². The summed E-state index contributed by atoms with van der Waals surface area (Å²) in [5.74, 6) is 0.342. The van der Waals surface area contributed by atoms with Crippen molar-refractivity contribution < 1.29 is 14.6 Å². The number of ether oxygens (including phenoxy) is 1. The molecule has 2 N–H and O–H groups in total. The molecule has 4 nitrogen and oxygen atoms in total. The summed E-state index contributed by atoms with van der Waals surface area (Å²) in [6, 6.07) is 22.2. The molecule has 4 aromatic rings. The van der Waals surface area contributed by atoms with Gasteiger partial charge in [-0.05, 0) is 35.0 Å². The van der Waals surface area contributed by atoms with Crippen molar-refractivity contribution in [2.24, 2.45) is 0 Å². The normalized spacial score (nSPS) is 10.8. The molecule has 0 aliphatic carbocycles. The van der Waals surface area contributed by atoms with Crippen molar-refractivity contribution in [3.63, 3.8) is 0 Å². The lowest BCUT2D eigenvalue weighted by atomic mass is 10.0. The smallest absolute Gasteiger partial charge is 0.259 e. The van der Waals surface area contributed by atoms with Gasteiger partial charge in [0.05, 0.1) is 12.7 Å². The van der Waals surface area contributed by atoms with E-state index in [1.54, 1.807) is 25.3 Å². The average molecular weight is 343 g/mol. The van der Waals surface area contributed by atoms with E-state index in [-0.39, 0.29) is 17.2 Å². The van der Waals surface area contributed by atoms with Crippen LogP contribution in [-0.4, -0.2) is 18.1 Å². The molecule has 0 radical (unpaired) electrons. The first-order valence-corrected chi connectivity index (χ1v) is 8.26. The number of phenolic OH excluding ortho intramolecular Hbond substituents is 1. The monoisotopic (exact) mass is 343 g/mol. The van der Waals surface area contributed by atoms with Crippen molar-refractivity contribution in [3.05, 3.63) is 78.4 Å². The third-order valence-electron chi connectivity index (χ3n) is 4.46. The van der Waals surface area contributed by atoms with Crippen LogP contribution in [0.4, 0.5) is 5.69 Å². The van der Waals surface area contributed by atoms with Gasteiger partial charge in [0.15, 0.2) is 0 Å². The number of hydrogen-bond donors (Lipinski definition) is 2. The summed E-state index contributed by atoms with van der Waals surface area (Å²) >= 11 is 0. The van der Waals surface area contributed by atoms with Gasteiger partial charge in [-0.25, -0.2) is 0 Å². The molecular formula is C22H17NO3. The van der Waals surface area contributed by atoms with Crippen molar-refractivity contribution in [2.45, 2.75) is 0 Å². The fourth-order valence-electron chi connectivity index (χ4n) is 3.16. The van der Waals surface area contributed by atoms with Crippen LogP contribution in [0.2, 0.25) is 0 Å². The molecule has 26 heavy (non-hydrogen) atoms. The number of fused-ring (bicyclic) bond motifs is 2. The number of rotatable bonds is 3. The maximum absolute atomic E-state index is 12.8. The Morgan fingerprint density at radius 3 is 2.27 bits per heavy atom. The molecule has 0 spiro atoms. The van der Waals surface area contributed by atoms with Gasteiger partial charge in [0, 0.05) is 16.5 Å². The van der Waals surface area contributed by atoms with E-state index in [1.165, 1.54) is 0 Å². The Balaban J connectivity index is 1.75. The standard InChI is InChI=1S/C22H17NO3/c1-26-21-11-10-19(16-8-4-5-9-17(16)21)23-22(25)18-12-14-6-2-3-7-15(14)13-20(18)24/h2-13,24H,1H3,(H,23,25). The maximum atomic E-state index is 12.8. The summed E-state index contributed by atoms with van der Waals surface area (Å²) in [4.78, 5) is 12.8. The SMILES string of the molecule is COc1ccc(NC(=O)c2cc3ccccc3cc2O)c2ccccc12. The molecule has 0 heterocycles. The van der Waals surface area contributed by atoms with E-state index in [1.807, 2.05) is 54.6 Å². The van der Waals surface area contributed by atoms with Gasteiger partial charge in [-0.3, -0.25) is 4.79 Å². The molecular weight excluding hydrogens is 326 g/mol. The zero-order chi connectivity index (χ0) is 18.1. The van der Waals surface area contributed by atoms with E-state index in [0.717, 1.165) is 27.3 Å². The Morgan fingerprint density at radius 1 is 0.885 bits per heavy atom. The fourth-order valence-corrected chi connectivity index (χ4v) is 3.16. The Labute approximate surface area is 150 Å². The Morgan fingerprint density at radius 2 is 1.54 bits per heavy atom. The highest BCUT2D eigenvalue weighted by molar-refractivity contribution is 6.12. The second kappa shape index (κ2) is 6.41. The van der Waals surface area contributed by atoms with Crippen molar-refractivity contribution in [1.29, 1.82) is 0 Å².